The maximum absolute atomic E-state index is 8.23. The molecular formula is C3H9NOS. The molecule has 0 spiro atoms. The fourth-order valence-corrected chi connectivity index (χ4v) is 0.129. The molecule has 1 atom stereocenters. The van der Waals surface area contributed by atoms with Crippen molar-refractivity contribution in [1.82, 2.24) is 0 Å². The largest absolute Gasteiger partial charge is 0.395 e. The quantitative estimate of drug-likeness (QED) is 0.487. The molecule has 0 aromatic heterocycles. The van der Waals surface area contributed by atoms with E-state index in [1.165, 1.54) is 11.9 Å². The van der Waals surface area contributed by atoms with Crippen molar-refractivity contribution >= 4 is 11.9 Å². The Kier molecular flexibility index (Phi) is 3.62. The second-order valence-electron chi connectivity index (χ2n) is 1.13. The minimum absolute atomic E-state index is 0.168. The molecule has 3 N–H and O–H groups in total. The molecule has 0 rings (SSSR count). The third kappa shape index (κ3) is 2.50. The van der Waals surface area contributed by atoms with Crippen molar-refractivity contribution in [2.75, 3.05) is 6.61 Å². The molecule has 0 bridgehead atoms. The normalized spacial score (nSPS) is 14.5. The molecule has 0 radical (unpaired) electrons. The van der Waals surface area contributed by atoms with Gasteiger partial charge in [0.25, 0.3) is 0 Å². The highest BCUT2D eigenvalue weighted by Gasteiger charge is 1.91. The molecule has 0 aliphatic heterocycles. The molecule has 0 heterocycles. The van der Waals surface area contributed by atoms with E-state index in [-0.39, 0.29) is 11.9 Å². The van der Waals surface area contributed by atoms with Gasteiger partial charge in [0.15, 0.2) is 0 Å². The molecule has 0 amide bonds. The molecular weight excluding hydrogens is 98.1 g/mol. The molecule has 0 aliphatic carbocycles. The number of aliphatic hydroxyl groups excluding tert-OH is 1. The van der Waals surface area contributed by atoms with Gasteiger partial charge in [0.05, 0.1) is 6.61 Å². The lowest BCUT2D eigenvalue weighted by molar-refractivity contribution is 0.300. The monoisotopic (exact) mass is 107 g/mol. The van der Waals surface area contributed by atoms with Gasteiger partial charge in [0, 0.05) is 5.25 Å². The number of hydrogen-bond donors (Lipinski definition) is 2. The van der Waals surface area contributed by atoms with Crippen LogP contribution in [0.1, 0.15) is 6.92 Å². The van der Waals surface area contributed by atoms with Crippen molar-refractivity contribution < 1.29 is 5.11 Å². The summed E-state index contributed by atoms with van der Waals surface area (Å²) in [5, 5.41) is 13.5. The average Bonchev–Trinajstić information content (AvgIpc) is 1.65. The van der Waals surface area contributed by atoms with E-state index in [1.54, 1.807) is 0 Å². The van der Waals surface area contributed by atoms with Crippen molar-refractivity contribution in [1.29, 1.82) is 0 Å². The third-order valence-corrected chi connectivity index (χ3v) is 1.10. The van der Waals surface area contributed by atoms with Crippen molar-refractivity contribution in [2.45, 2.75) is 12.2 Å². The van der Waals surface area contributed by atoms with Crippen molar-refractivity contribution in [3.05, 3.63) is 0 Å². The zero-order chi connectivity index (χ0) is 4.99. The van der Waals surface area contributed by atoms with Gasteiger partial charge < -0.3 is 5.11 Å². The zero-order valence-corrected chi connectivity index (χ0v) is 4.53. The number of aliphatic hydroxyl groups is 1. The van der Waals surface area contributed by atoms with Crippen LogP contribution in [0.15, 0.2) is 0 Å². The standard InChI is InChI=1S/C3H9NOS/c1-3(2-5)6-4/h3,5H,2,4H2,1H3. The lowest BCUT2D eigenvalue weighted by atomic mass is 10.5. The summed E-state index contributed by atoms with van der Waals surface area (Å²) in [5.74, 6) is 0. The summed E-state index contributed by atoms with van der Waals surface area (Å²) in [6.45, 7) is 2.03. The Morgan fingerprint density at radius 1 is 2.00 bits per heavy atom. The van der Waals surface area contributed by atoms with Crippen LogP contribution in [-0.4, -0.2) is 17.0 Å². The maximum Gasteiger partial charge on any atom is 0.0559 e. The summed E-state index contributed by atoms with van der Waals surface area (Å²) in [4.78, 5) is 0. The first-order valence-electron chi connectivity index (χ1n) is 1.77. The minimum atomic E-state index is 0.168. The van der Waals surface area contributed by atoms with Gasteiger partial charge in [-0.3, -0.25) is 5.14 Å². The molecule has 3 heteroatoms. The summed E-state index contributed by atoms with van der Waals surface area (Å²) in [5.41, 5.74) is 0. The van der Waals surface area contributed by atoms with Crippen LogP contribution in [0.4, 0.5) is 0 Å². The highest BCUT2D eigenvalue weighted by Crippen LogP contribution is 1.96. The lowest BCUT2D eigenvalue weighted by Gasteiger charge is -1.97. The van der Waals surface area contributed by atoms with E-state index in [0.717, 1.165) is 0 Å². The first-order valence-corrected chi connectivity index (χ1v) is 2.72. The Morgan fingerprint density at radius 2 is 2.50 bits per heavy atom. The van der Waals surface area contributed by atoms with Crippen LogP contribution < -0.4 is 5.14 Å². The molecule has 0 aliphatic rings. The summed E-state index contributed by atoms with van der Waals surface area (Å²) >= 11 is 1.17. The predicted molar refractivity (Wildman–Crippen MR) is 28.3 cm³/mol. The van der Waals surface area contributed by atoms with E-state index in [2.05, 4.69) is 0 Å². The van der Waals surface area contributed by atoms with Crippen LogP contribution in [0.3, 0.4) is 0 Å². The van der Waals surface area contributed by atoms with Gasteiger partial charge >= 0.3 is 0 Å². The van der Waals surface area contributed by atoms with Crippen LogP contribution >= 0.6 is 11.9 Å². The fraction of sp³-hybridized carbons (Fsp3) is 1.00. The Labute approximate surface area is 41.9 Å². The molecule has 38 valence electrons. The topological polar surface area (TPSA) is 46.2 Å². The van der Waals surface area contributed by atoms with Gasteiger partial charge in [-0.25, -0.2) is 0 Å². The average molecular weight is 107 g/mol. The first-order chi connectivity index (χ1) is 2.81. The second-order valence-corrected chi connectivity index (χ2v) is 2.21. The van der Waals surface area contributed by atoms with Crippen LogP contribution in [-0.2, 0) is 0 Å². The van der Waals surface area contributed by atoms with Gasteiger partial charge in [-0.1, -0.05) is 11.9 Å². The maximum atomic E-state index is 8.23. The number of nitrogens with two attached hydrogens (primary N) is 1. The molecule has 0 saturated carbocycles. The summed E-state index contributed by atoms with van der Waals surface area (Å²) in [6.07, 6.45) is 0. The van der Waals surface area contributed by atoms with Crippen LogP contribution in [0.5, 0.6) is 0 Å². The van der Waals surface area contributed by atoms with Crippen molar-refractivity contribution in [3.63, 3.8) is 0 Å². The molecule has 1 unspecified atom stereocenters. The summed E-state index contributed by atoms with van der Waals surface area (Å²) < 4.78 is 0. The molecule has 0 aromatic carbocycles. The van der Waals surface area contributed by atoms with Crippen molar-refractivity contribution in [2.24, 2.45) is 5.14 Å². The number of hydrogen-bond acceptors (Lipinski definition) is 3. The van der Waals surface area contributed by atoms with Gasteiger partial charge in [0.2, 0.25) is 0 Å². The van der Waals surface area contributed by atoms with E-state index in [4.69, 9.17) is 10.2 Å². The summed E-state index contributed by atoms with van der Waals surface area (Å²) in [7, 11) is 0. The summed E-state index contributed by atoms with van der Waals surface area (Å²) in [6, 6.07) is 0. The van der Waals surface area contributed by atoms with Crippen molar-refractivity contribution in [3.8, 4) is 0 Å². The Morgan fingerprint density at radius 3 is 2.50 bits per heavy atom. The van der Waals surface area contributed by atoms with Gasteiger partial charge in [-0.05, 0) is 6.92 Å². The van der Waals surface area contributed by atoms with E-state index in [9.17, 15) is 0 Å². The van der Waals surface area contributed by atoms with Gasteiger partial charge in [0.1, 0.15) is 0 Å². The van der Waals surface area contributed by atoms with E-state index < -0.39 is 0 Å². The molecule has 2 nitrogen and oxygen atoms in total. The molecule has 0 saturated heterocycles. The molecule has 0 aromatic rings. The van der Waals surface area contributed by atoms with E-state index in [1.807, 2.05) is 6.92 Å². The lowest BCUT2D eigenvalue weighted by Crippen LogP contribution is -2.04. The minimum Gasteiger partial charge on any atom is -0.395 e. The Balaban J connectivity index is 2.75. The second kappa shape index (κ2) is 3.46. The molecule has 6 heavy (non-hydrogen) atoms. The van der Waals surface area contributed by atoms with E-state index in [0.29, 0.717) is 0 Å². The highest BCUT2D eigenvalue weighted by atomic mass is 32.2. The fourth-order valence-electron chi connectivity index (χ4n) is 0.0430. The Hall–Kier alpha value is 0.270. The highest BCUT2D eigenvalue weighted by molar-refractivity contribution is 7.97. The molecule has 0 fully saturated rings. The zero-order valence-electron chi connectivity index (χ0n) is 3.72. The van der Waals surface area contributed by atoms with Crippen LogP contribution in [0.25, 0.3) is 0 Å². The van der Waals surface area contributed by atoms with E-state index >= 15 is 0 Å². The SMILES string of the molecule is CC(CO)SN. The number of rotatable bonds is 2. The Bertz CT molecular complexity index is 30.0. The third-order valence-electron chi connectivity index (χ3n) is 0.489. The first kappa shape index (κ1) is 6.27. The van der Waals surface area contributed by atoms with Gasteiger partial charge in [-0.2, -0.15) is 0 Å². The predicted octanol–water partition coefficient (Wildman–Crippen LogP) is -0.0259. The van der Waals surface area contributed by atoms with Gasteiger partial charge in [-0.15, -0.1) is 0 Å². The van der Waals surface area contributed by atoms with Crippen LogP contribution in [0, 0.1) is 0 Å². The van der Waals surface area contributed by atoms with Crippen LogP contribution in [0.2, 0.25) is 0 Å². The smallest absolute Gasteiger partial charge is 0.0559 e.